The van der Waals surface area contributed by atoms with Crippen LogP contribution in [0.4, 0.5) is 0 Å². The van der Waals surface area contributed by atoms with Crippen LogP contribution >= 0.6 is 34.0 Å². The largest absolute Gasteiger partial charge is 0.140 e. The zero-order chi connectivity index (χ0) is 23.0. The lowest BCUT2D eigenvalue weighted by Crippen LogP contribution is -1.80. The Morgan fingerprint density at radius 1 is 0.424 bits per heavy atom. The van der Waals surface area contributed by atoms with Crippen LogP contribution in [0.25, 0.3) is 30.3 Å². The Morgan fingerprint density at radius 2 is 0.727 bits per heavy atom. The van der Waals surface area contributed by atoms with Crippen LogP contribution in [0.1, 0.15) is 112 Å². The third-order valence-corrected chi connectivity index (χ3v) is 10.6. The van der Waals surface area contributed by atoms with Crippen molar-refractivity contribution >= 4 is 64.3 Å². The Hall–Kier alpha value is -0.900. The summed E-state index contributed by atoms with van der Waals surface area (Å²) in [5, 5.41) is 4.65. The van der Waals surface area contributed by atoms with Crippen molar-refractivity contribution in [3.05, 3.63) is 32.8 Å². The molecule has 4 aromatic rings. The number of hydrogen-bond acceptors (Lipinski definition) is 3. The molecule has 3 heterocycles. The summed E-state index contributed by atoms with van der Waals surface area (Å²) in [6.45, 7) is 6.92. The second-order valence-corrected chi connectivity index (χ2v) is 13.2. The minimum atomic E-state index is 1.26. The molecule has 1 aromatic carbocycles. The van der Waals surface area contributed by atoms with Gasteiger partial charge in [0.15, 0.2) is 0 Å². The fraction of sp³-hybridized carbons (Fsp3) is 0.600. The van der Waals surface area contributed by atoms with Gasteiger partial charge in [-0.15, -0.1) is 34.0 Å². The van der Waals surface area contributed by atoms with E-state index >= 15 is 0 Å². The monoisotopic (exact) mass is 498 g/mol. The Morgan fingerprint density at radius 3 is 1.00 bits per heavy atom. The van der Waals surface area contributed by atoms with E-state index in [1.165, 1.54) is 96.3 Å². The lowest BCUT2D eigenvalue weighted by molar-refractivity contribution is 0.670. The molecule has 3 heteroatoms. The fourth-order valence-corrected chi connectivity index (χ4v) is 8.86. The van der Waals surface area contributed by atoms with Gasteiger partial charge in [-0.05, 0) is 56.7 Å². The molecule has 3 aromatic heterocycles. The van der Waals surface area contributed by atoms with Gasteiger partial charge in [0, 0.05) is 44.9 Å². The average Bonchev–Trinajstić information content (AvgIpc) is 3.53. The molecule has 0 radical (unpaired) electrons. The molecule has 0 aliphatic heterocycles. The van der Waals surface area contributed by atoms with Gasteiger partial charge in [-0.3, -0.25) is 0 Å². The molecule has 0 saturated carbocycles. The van der Waals surface area contributed by atoms with Crippen molar-refractivity contribution in [3.8, 4) is 0 Å². The molecular weight excluding hydrogens is 457 g/mol. The van der Waals surface area contributed by atoms with Crippen molar-refractivity contribution in [1.82, 2.24) is 0 Å². The van der Waals surface area contributed by atoms with Crippen LogP contribution in [0.2, 0.25) is 0 Å². The molecule has 0 bridgehead atoms. The first-order valence-electron chi connectivity index (χ1n) is 13.6. The summed E-state index contributed by atoms with van der Waals surface area (Å²) in [5.74, 6) is 0. The Labute approximate surface area is 213 Å². The number of thiophene rings is 3. The minimum absolute atomic E-state index is 1.26. The number of hydrogen-bond donors (Lipinski definition) is 0. The van der Waals surface area contributed by atoms with E-state index in [-0.39, 0.29) is 0 Å². The van der Waals surface area contributed by atoms with Crippen LogP contribution in [0, 0.1) is 0 Å². The maximum absolute atomic E-state index is 2.56. The normalized spacial score (nSPS) is 12.1. The number of benzene rings is 1. The van der Waals surface area contributed by atoms with Crippen molar-refractivity contribution in [3.63, 3.8) is 0 Å². The average molecular weight is 499 g/mol. The van der Waals surface area contributed by atoms with Crippen molar-refractivity contribution in [2.45, 2.75) is 117 Å². The van der Waals surface area contributed by atoms with Crippen LogP contribution in [0.5, 0.6) is 0 Å². The number of aryl methyl sites for hydroxylation is 3. The maximum atomic E-state index is 2.56. The van der Waals surface area contributed by atoms with Crippen LogP contribution in [0.3, 0.4) is 0 Å². The van der Waals surface area contributed by atoms with Crippen LogP contribution in [-0.4, -0.2) is 0 Å². The number of fused-ring (bicyclic) bond motifs is 6. The van der Waals surface area contributed by atoms with Gasteiger partial charge in [-0.25, -0.2) is 0 Å². The van der Waals surface area contributed by atoms with Gasteiger partial charge in [0.1, 0.15) is 0 Å². The molecule has 0 N–H and O–H groups in total. The predicted molar refractivity (Wildman–Crippen MR) is 156 cm³/mol. The highest BCUT2D eigenvalue weighted by Crippen LogP contribution is 2.46. The Bertz CT molecular complexity index is 898. The molecule has 0 nitrogen and oxygen atoms in total. The number of unbranched alkanes of at least 4 members (excludes halogenated alkanes) is 9. The molecule has 0 aliphatic carbocycles. The zero-order valence-electron chi connectivity index (χ0n) is 21.1. The van der Waals surface area contributed by atoms with Crippen molar-refractivity contribution < 1.29 is 0 Å². The summed E-state index contributed by atoms with van der Waals surface area (Å²) in [6.07, 6.45) is 20.0. The van der Waals surface area contributed by atoms with Crippen LogP contribution in [-0.2, 0) is 19.3 Å². The lowest BCUT2D eigenvalue weighted by atomic mass is 10.1. The summed E-state index contributed by atoms with van der Waals surface area (Å²) >= 11 is 6.28. The fourth-order valence-electron chi connectivity index (χ4n) is 4.98. The van der Waals surface area contributed by atoms with E-state index in [4.69, 9.17) is 0 Å². The molecule has 0 unspecified atom stereocenters. The summed E-state index contributed by atoms with van der Waals surface area (Å²) in [4.78, 5) is 4.80. The van der Waals surface area contributed by atoms with E-state index in [0.717, 1.165) is 0 Å². The highest BCUT2D eigenvalue weighted by Gasteiger charge is 2.17. The van der Waals surface area contributed by atoms with Gasteiger partial charge in [0.05, 0.1) is 0 Å². The van der Waals surface area contributed by atoms with E-state index in [1.807, 2.05) is 0 Å². The standard InChI is InChI=1S/C30H42S3/c1-4-7-10-13-16-22-19-25-28(31-22)26-20-23(17-14-11-8-5-2)33-30(26)27-21-24(32-29(25)27)18-15-12-9-6-3/h19-21H,4-18H2,1-3H3. The van der Waals surface area contributed by atoms with Crippen LogP contribution < -0.4 is 0 Å². The van der Waals surface area contributed by atoms with Gasteiger partial charge in [-0.2, -0.15) is 0 Å². The van der Waals surface area contributed by atoms with Crippen molar-refractivity contribution in [2.75, 3.05) is 0 Å². The van der Waals surface area contributed by atoms with Crippen LogP contribution in [0.15, 0.2) is 18.2 Å². The summed E-state index contributed by atoms with van der Waals surface area (Å²) in [6, 6.07) is 7.68. The third kappa shape index (κ3) is 6.21. The summed E-state index contributed by atoms with van der Waals surface area (Å²) < 4.78 is 4.70. The minimum Gasteiger partial charge on any atom is -0.140 e. The van der Waals surface area contributed by atoms with E-state index in [9.17, 15) is 0 Å². The lowest BCUT2D eigenvalue weighted by Gasteiger charge is -1.96. The maximum Gasteiger partial charge on any atom is 0.0447 e. The molecule has 33 heavy (non-hydrogen) atoms. The first-order chi connectivity index (χ1) is 16.2. The molecule has 0 atom stereocenters. The third-order valence-electron chi connectivity index (χ3n) is 6.91. The highest BCUT2D eigenvalue weighted by atomic mass is 32.1. The smallest absolute Gasteiger partial charge is 0.0447 e. The van der Waals surface area contributed by atoms with E-state index in [0.29, 0.717) is 0 Å². The first-order valence-corrected chi connectivity index (χ1v) is 16.1. The second-order valence-electron chi connectivity index (χ2n) is 9.80. The van der Waals surface area contributed by atoms with Crippen molar-refractivity contribution in [2.24, 2.45) is 0 Å². The first kappa shape index (κ1) is 25.2. The molecule has 180 valence electrons. The second kappa shape index (κ2) is 12.7. The summed E-state index contributed by atoms with van der Waals surface area (Å²) in [5.41, 5.74) is 0. The zero-order valence-corrected chi connectivity index (χ0v) is 23.5. The Kier molecular flexibility index (Phi) is 9.70. The topological polar surface area (TPSA) is 0 Å². The Balaban J connectivity index is 1.68. The van der Waals surface area contributed by atoms with Crippen molar-refractivity contribution in [1.29, 1.82) is 0 Å². The van der Waals surface area contributed by atoms with Gasteiger partial charge < -0.3 is 0 Å². The highest BCUT2D eigenvalue weighted by molar-refractivity contribution is 7.26. The summed E-state index contributed by atoms with van der Waals surface area (Å²) in [7, 11) is 0. The van der Waals surface area contributed by atoms with Gasteiger partial charge in [0.25, 0.3) is 0 Å². The van der Waals surface area contributed by atoms with Gasteiger partial charge in [0.2, 0.25) is 0 Å². The molecule has 4 rings (SSSR count). The molecule has 0 saturated heterocycles. The SMILES string of the molecule is CCCCCCc1cc2c(s1)c1cc(CCCCCC)sc1c1cc(CCCCCC)sc21. The molecule has 0 fully saturated rings. The molecule has 0 amide bonds. The van der Waals surface area contributed by atoms with E-state index in [2.05, 4.69) is 73.0 Å². The predicted octanol–water partition coefficient (Wildman–Crippen LogP) is 11.7. The number of rotatable bonds is 15. The molecule has 0 spiro atoms. The van der Waals surface area contributed by atoms with Gasteiger partial charge in [-0.1, -0.05) is 78.6 Å². The van der Waals surface area contributed by atoms with Gasteiger partial charge >= 0.3 is 0 Å². The molecular formula is C30H42S3. The van der Waals surface area contributed by atoms with E-state index in [1.54, 1.807) is 44.9 Å². The molecule has 0 aliphatic rings. The van der Waals surface area contributed by atoms with E-state index < -0.39 is 0 Å². The quantitative estimate of drug-likeness (QED) is 0.143.